The van der Waals surface area contributed by atoms with E-state index < -0.39 is 0 Å². The number of nitrogens with one attached hydrogen (secondary N) is 3. The molecule has 4 heterocycles. The molecule has 9 nitrogen and oxygen atoms in total. The molecule has 0 aliphatic carbocycles. The predicted molar refractivity (Wildman–Crippen MR) is 150 cm³/mol. The largest absolute Gasteiger partial charge is 0.371 e. The van der Waals surface area contributed by atoms with Crippen LogP contribution in [-0.2, 0) is 0 Å². The van der Waals surface area contributed by atoms with E-state index in [4.69, 9.17) is 0 Å². The molecule has 3 N–H and O–H groups in total. The van der Waals surface area contributed by atoms with E-state index >= 15 is 0 Å². The molecule has 2 saturated heterocycles. The van der Waals surface area contributed by atoms with Crippen LogP contribution in [0.15, 0.2) is 54.7 Å². The van der Waals surface area contributed by atoms with Crippen molar-refractivity contribution < 1.29 is 4.79 Å². The van der Waals surface area contributed by atoms with Gasteiger partial charge in [0.15, 0.2) is 10.9 Å². The van der Waals surface area contributed by atoms with Crippen molar-refractivity contribution in [1.82, 2.24) is 25.2 Å². The highest BCUT2D eigenvalue weighted by atomic mass is 32.1. The van der Waals surface area contributed by atoms with Gasteiger partial charge in [0, 0.05) is 48.8 Å². The van der Waals surface area contributed by atoms with Crippen LogP contribution >= 0.6 is 11.3 Å². The van der Waals surface area contributed by atoms with Crippen LogP contribution in [-0.4, -0.2) is 65.5 Å². The normalized spacial score (nSPS) is 17.4. The molecule has 0 saturated carbocycles. The molecule has 0 radical (unpaired) electrons. The Morgan fingerprint density at radius 3 is 2.49 bits per heavy atom. The maximum Gasteiger partial charge on any atom is 0.256 e. The quantitative estimate of drug-likeness (QED) is 0.371. The van der Waals surface area contributed by atoms with Crippen molar-refractivity contribution in [2.75, 3.05) is 55.3 Å². The van der Waals surface area contributed by atoms with Crippen molar-refractivity contribution in [3.05, 3.63) is 60.3 Å². The van der Waals surface area contributed by atoms with Crippen LogP contribution in [0.1, 0.15) is 36.0 Å². The van der Waals surface area contributed by atoms with Crippen molar-refractivity contribution in [2.24, 2.45) is 5.41 Å². The second kappa shape index (κ2) is 11.3. The molecule has 2 aromatic heterocycles. The topological polar surface area (TPSA) is 98.3 Å². The summed E-state index contributed by atoms with van der Waals surface area (Å²) in [5.74, 6) is 0.509. The standard InChI is InChI=1S/C27H34N8OS/c1-3-12-28-24(36)22-19-30-25(32-23(22)33-26-29-13-18-37-26)31-20-4-6-21(7-5-20)35-16-10-27(11-17-35)8-14-34(2)15-9-27/h3-7,13,18-19H,1,8-12,14-17H2,2H3,(H,28,36)(H2,29,30,31,32,33). The number of thiazole rings is 1. The minimum absolute atomic E-state index is 0.279. The highest BCUT2D eigenvalue weighted by molar-refractivity contribution is 7.13. The zero-order valence-corrected chi connectivity index (χ0v) is 22.1. The van der Waals surface area contributed by atoms with E-state index in [0.29, 0.717) is 34.4 Å². The number of piperidine rings is 2. The summed E-state index contributed by atoms with van der Waals surface area (Å²) in [7, 11) is 2.23. The number of anilines is 5. The minimum atomic E-state index is -0.279. The fourth-order valence-electron chi connectivity index (χ4n) is 5.07. The molecule has 0 bridgehead atoms. The Morgan fingerprint density at radius 2 is 1.81 bits per heavy atom. The Hall–Kier alpha value is -3.50. The number of nitrogens with zero attached hydrogens (tertiary/aromatic N) is 5. The van der Waals surface area contributed by atoms with Gasteiger partial charge in [-0.15, -0.1) is 17.9 Å². The zero-order valence-electron chi connectivity index (χ0n) is 21.2. The summed E-state index contributed by atoms with van der Waals surface area (Å²) in [5.41, 5.74) is 3.01. The molecular formula is C27H34N8OS. The Kier molecular flexibility index (Phi) is 7.66. The Balaban J connectivity index is 1.25. The summed E-state index contributed by atoms with van der Waals surface area (Å²) in [6, 6.07) is 8.41. The molecule has 3 aromatic rings. The van der Waals surface area contributed by atoms with Crippen molar-refractivity contribution in [1.29, 1.82) is 0 Å². The Labute approximate surface area is 222 Å². The van der Waals surface area contributed by atoms with Crippen LogP contribution in [0.4, 0.5) is 28.3 Å². The van der Waals surface area contributed by atoms with Gasteiger partial charge in [0.2, 0.25) is 5.95 Å². The van der Waals surface area contributed by atoms with E-state index in [0.717, 1.165) is 18.8 Å². The summed E-state index contributed by atoms with van der Waals surface area (Å²) < 4.78 is 0. The first-order chi connectivity index (χ1) is 18.0. The predicted octanol–water partition coefficient (Wildman–Crippen LogP) is 4.65. The lowest BCUT2D eigenvalue weighted by Gasteiger charge is -2.46. The van der Waals surface area contributed by atoms with Gasteiger partial charge in [-0.25, -0.2) is 9.97 Å². The molecule has 1 aromatic carbocycles. The molecule has 1 amide bonds. The molecular weight excluding hydrogens is 484 g/mol. The number of rotatable bonds is 8. The summed E-state index contributed by atoms with van der Waals surface area (Å²) in [6.07, 6.45) is 10.0. The minimum Gasteiger partial charge on any atom is -0.371 e. The van der Waals surface area contributed by atoms with Crippen LogP contribution in [0.25, 0.3) is 0 Å². The number of hydrogen-bond donors (Lipinski definition) is 3. The second-order valence-corrected chi connectivity index (χ2v) is 10.8. The van der Waals surface area contributed by atoms with E-state index in [-0.39, 0.29) is 5.91 Å². The molecule has 10 heteroatoms. The number of carbonyl (C=O) groups is 1. The lowest BCUT2D eigenvalue weighted by molar-refractivity contribution is 0.0944. The fourth-order valence-corrected chi connectivity index (χ4v) is 5.59. The van der Waals surface area contributed by atoms with Gasteiger partial charge in [-0.2, -0.15) is 4.98 Å². The first-order valence-corrected chi connectivity index (χ1v) is 13.6. The van der Waals surface area contributed by atoms with E-state index in [2.05, 4.69) is 78.6 Å². The number of hydrogen-bond acceptors (Lipinski definition) is 9. The first kappa shape index (κ1) is 25.2. The highest BCUT2D eigenvalue weighted by Crippen LogP contribution is 2.42. The van der Waals surface area contributed by atoms with E-state index in [1.165, 1.54) is 62.0 Å². The van der Waals surface area contributed by atoms with Gasteiger partial charge in [0.05, 0.1) is 0 Å². The SMILES string of the molecule is C=CCNC(=O)c1cnc(Nc2ccc(N3CCC4(CCN(C)CC4)CC3)cc2)nc1Nc1nccs1. The molecule has 2 fully saturated rings. The number of likely N-dealkylation sites (tertiary alicyclic amines) is 1. The van der Waals surface area contributed by atoms with Crippen LogP contribution in [0.3, 0.4) is 0 Å². The van der Waals surface area contributed by atoms with Gasteiger partial charge in [-0.1, -0.05) is 6.08 Å². The number of benzene rings is 1. The second-order valence-electron chi connectivity index (χ2n) is 9.88. The average molecular weight is 519 g/mol. The summed E-state index contributed by atoms with van der Waals surface area (Å²) in [6.45, 7) is 8.68. The number of carbonyl (C=O) groups excluding carboxylic acids is 1. The van der Waals surface area contributed by atoms with Gasteiger partial charge in [-0.3, -0.25) is 4.79 Å². The third-order valence-corrected chi connectivity index (χ3v) is 8.15. The smallest absolute Gasteiger partial charge is 0.256 e. The van der Waals surface area contributed by atoms with Crippen LogP contribution in [0.2, 0.25) is 0 Å². The molecule has 1 spiro atoms. The van der Waals surface area contributed by atoms with Crippen LogP contribution in [0.5, 0.6) is 0 Å². The molecule has 2 aliphatic rings. The third kappa shape index (κ3) is 6.08. The van der Waals surface area contributed by atoms with Gasteiger partial charge < -0.3 is 25.8 Å². The summed E-state index contributed by atoms with van der Waals surface area (Å²) >= 11 is 1.43. The number of aromatic nitrogens is 3. The zero-order chi connectivity index (χ0) is 25.7. The van der Waals surface area contributed by atoms with Crippen molar-refractivity contribution in [2.45, 2.75) is 25.7 Å². The van der Waals surface area contributed by atoms with E-state index in [1.807, 2.05) is 5.38 Å². The first-order valence-electron chi connectivity index (χ1n) is 12.8. The molecule has 5 rings (SSSR count). The van der Waals surface area contributed by atoms with Crippen LogP contribution < -0.4 is 20.9 Å². The molecule has 37 heavy (non-hydrogen) atoms. The Morgan fingerprint density at radius 1 is 1.08 bits per heavy atom. The third-order valence-electron chi connectivity index (χ3n) is 7.46. The maximum atomic E-state index is 12.6. The van der Waals surface area contributed by atoms with Gasteiger partial charge in [0.1, 0.15) is 5.56 Å². The molecule has 194 valence electrons. The fraction of sp³-hybridized carbons (Fsp3) is 0.407. The molecule has 2 aliphatic heterocycles. The van der Waals surface area contributed by atoms with Gasteiger partial charge in [0.25, 0.3) is 5.91 Å². The average Bonchev–Trinajstić information content (AvgIpc) is 3.43. The van der Waals surface area contributed by atoms with Crippen LogP contribution in [0, 0.1) is 5.41 Å². The van der Waals surface area contributed by atoms with Crippen molar-refractivity contribution >= 4 is 45.5 Å². The summed E-state index contributed by atoms with van der Waals surface area (Å²) in [4.78, 5) is 30.7. The number of amides is 1. The lowest BCUT2D eigenvalue weighted by Crippen LogP contribution is -2.46. The maximum absolute atomic E-state index is 12.6. The molecule has 0 atom stereocenters. The summed E-state index contributed by atoms with van der Waals surface area (Å²) in [5, 5.41) is 11.7. The van der Waals surface area contributed by atoms with Gasteiger partial charge in [-0.05, 0) is 75.5 Å². The lowest BCUT2D eigenvalue weighted by atomic mass is 9.71. The van der Waals surface area contributed by atoms with E-state index in [9.17, 15) is 4.79 Å². The van der Waals surface area contributed by atoms with Gasteiger partial charge >= 0.3 is 0 Å². The van der Waals surface area contributed by atoms with Crippen molar-refractivity contribution in [3.63, 3.8) is 0 Å². The Bertz CT molecular complexity index is 1200. The molecule has 0 unspecified atom stereocenters. The highest BCUT2D eigenvalue weighted by Gasteiger charge is 2.36. The van der Waals surface area contributed by atoms with Crippen molar-refractivity contribution in [3.8, 4) is 0 Å². The monoisotopic (exact) mass is 518 g/mol. The van der Waals surface area contributed by atoms with E-state index in [1.54, 1.807) is 12.3 Å².